The van der Waals surface area contributed by atoms with Crippen LogP contribution in [-0.4, -0.2) is 34.8 Å². The zero-order valence-electron chi connectivity index (χ0n) is 14.4. The van der Waals surface area contributed by atoms with Crippen molar-refractivity contribution in [3.05, 3.63) is 59.1 Å². The number of rotatable bonds is 5. The third kappa shape index (κ3) is 3.68. The standard InChI is InChI=1S/C19H16FN3O2S2/c1-26-19-23-16(10-27-19)18(24)22-9-12-8-14-15(20)3-2-13(17(14)25-12)11-4-6-21-7-5-11/h2-7,10,12H,8-9H2,1H3,(H,22,24). The van der Waals surface area contributed by atoms with E-state index in [-0.39, 0.29) is 24.4 Å². The van der Waals surface area contributed by atoms with E-state index in [0.717, 1.165) is 15.5 Å². The van der Waals surface area contributed by atoms with E-state index in [2.05, 4.69) is 15.3 Å². The molecule has 5 nitrogen and oxygen atoms in total. The van der Waals surface area contributed by atoms with Crippen molar-refractivity contribution in [1.82, 2.24) is 15.3 Å². The molecule has 1 atom stereocenters. The zero-order chi connectivity index (χ0) is 18.8. The highest BCUT2D eigenvalue weighted by Gasteiger charge is 2.29. The predicted octanol–water partition coefficient (Wildman–Crippen LogP) is 3.80. The van der Waals surface area contributed by atoms with E-state index < -0.39 is 0 Å². The summed E-state index contributed by atoms with van der Waals surface area (Å²) >= 11 is 2.93. The van der Waals surface area contributed by atoms with Crippen molar-refractivity contribution < 1.29 is 13.9 Å². The van der Waals surface area contributed by atoms with Crippen molar-refractivity contribution in [3.8, 4) is 16.9 Å². The van der Waals surface area contributed by atoms with Crippen molar-refractivity contribution in [2.75, 3.05) is 12.8 Å². The molecule has 3 aromatic rings. The molecule has 0 saturated carbocycles. The number of benzene rings is 1. The molecule has 0 spiro atoms. The smallest absolute Gasteiger partial charge is 0.270 e. The van der Waals surface area contributed by atoms with Crippen LogP contribution in [0, 0.1) is 5.82 Å². The van der Waals surface area contributed by atoms with Crippen molar-refractivity contribution in [2.45, 2.75) is 16.9 Å². The lowest BCUT2D eigenvalue weighted by Gasteiger charge is -2.13. The van der Waals surface area contributed by atoms with Crippen LogP contribution < -0.4 is 10.1 Å². The molecular weight excluding hydrogens is 385 g/mol. The van der Waals surface area contributed by atoms with Crippen LogP contribution in [0.5, 0.6) is 5.75 Å². The van der Waals surface area contributed by atoms with Gasteiger partial charge in [-0.1, -0.05) is 11.8 Å². The first-order valence-corrected chi connectivity index (χ1v) is 10.4. The number of carbonyl (C=O) groups is 1. The highest BCUT2D eigenvalue weighted by atomic mass is 32.2. The molecule has 0 aliphatic carbocycles. The van der Waals surface area contributed by atoms with Gasteiger partial charge in [0.25, 0.3) is 5.91 Å². The number of hydrogen-bond acceptors (Lipinski definition) is 6. The summed E-state index contributed by atoms with van der Waals surface area (Å²) < 4.78 is 21.1. The van der Waals surface area contributed by atoms with Gasteiger partial charge < -0.3 is 10.1 Å². The Labute approximate surface area is 164 Å². The molecule has 1 aliphatic rings. The predicted molar refractivity (Wildman–Crippen MR) is 104 cm³/mol. The number of hydrogen-bond donors (Lipinski definition) is 1. The van der Waals surface area contributed by atoms with Crippen LogP contribution in [0.1, 0.15) is 16.1 Å². The lowest BCUT2D eigenvalue weighted by atomic mass is 10.0. The maximum absolute atomic E-state index is 14.3. The quantitative estimate of drug-likeness (QED) is 0.659. The Morgan fingerprint density at radius 3 is 2.93 bits per heavy atom. The number of carbonyl (C=O) groups excluding carboxylic acids is 1. The van der Waals surface area contributed by atoms with Gasteiger partial charge in [-0.3, -0.25) is 9.78 Å². The third-order valence-electron chi connectivity index (χ3n) is 4.29. The second kappa shape index (κ2) is 7.66. The van der Waals surface area contributed by atoms with Gasteiger partial charge in [0.2, 0.25) is 0 Å². The number of amides is 1. The second-order valence-electron chi connectivity index (χ2n) is 6.00. The molecule has 1 N–H and O–H groups in total. The molecule has 2 aromatic heterocycles. The Kier molecular flexibility index (Phi) is 5.09. The van der Waals surface area contributed by atoms with Gasteiger partial charge in [0.1, 0.15) is 27.7 Å². The molecule has 27 heavy (non-hydrogen) atoms. The van der Waals surface area contributed by atoms with Crippen LogP contribution in [0.25, 0.3) is 11.1 Å². The zero-order valence-corrected chi connectivity index (χ0v) is 16.1. The highest BCUT2D eigenvalue weighted by Crippen LogP contribution is 2.40. The van der Waals surface area contributed by atoms with Crippen LogP contribution in [-0.2, 0) is 6.42 Å². The molecule has 1 aliphatic heterocycles. The molecule has 0 fully saturated rings. The first-order valence-electron chi connectivity index (χ1n) is 8.32. The van der Waals surface area contributed by atoms with Crippen molar-refractivity contribution in [1.29, 1.82) is 0 Å². The van der Waals surface area contributed by atoms with E-state index in [1.165, 1.54) is 29.2 Å². The van der Waals surface area contributed by atoms with Gasteiger partial charge in [-0.05, 0) is 36.1 Å². The molecule has 1 aromatic carbocycles. The van der Waals surface area contributed by atoms with Crippen molar-refractivity contribution in [2.24, 2.45) is 0 Å². The fourth-order valence-corrected chi connectivity index (χ4v) is 4.23. The Hall–Kier alpha value is -2.45. The van der Waals surface area contributed by atoms with E-state index in [1.54, 1.807) is 23.8 Å². The van der Waals surface area contributed by atoms with Gasteiger partial charge in [-0.25, -0.2) is 9.37 Å². The Morgan fingerprint density at radius 2 is 2.19 bits per heavy atom. The van der Waals surface area contributed by atoms with E-state index in [9.17, 15) is 9.18 Å². The van der Waals surface area contributed by atoms with Gasteiger partial charge in [0.05, 0.1) is 6.54 Å². The normalized spacial score (nSPS) is 15.3. The van der Waals surface area contributed by atoms with E-state index in [0.29, 0.717) is 23.4 Å². The number of fused-ring (bicyclic) bond motifs is 1. The molecule has 1 amide bonds. The molecule has 1 unspecified atom stereocenters. The maximum Gasteiger partial charge on any atom is 0.270 e. The summed E-state index contributed by atoms with van der Waals surface area (Å²) in [7, 11) is 0. The Morgan fingerprint density at radius 1 is 1.37 bits per heavy atom. The molecule has 3 heterocycles. The molecule has 0 radical (unpaired) electrons. The van der Waals surface area contributed by atoms with Crippen molar-refractivity contribution >= 4 is 29.0 Å². The number of nitrogens with one attached hydrogen (secondary N) is 1. The lowest BCUT2D eigenvalue weighted by molar-refractivity contribution is 0.0929. The van der Waals surface area contributed by atoms with Crippen LogP contribution >= 0.6 is 23.1 Å². The number of pyridine rings is 1. The number of ether oxygens (including phenoxy) is 1. The number of thioether (sulfide) groups is 1. The minimum atomic E-state index is -0.319. The summed E-state index contributed by atoms with van der Waals surface area (Å²) in [4.78, 5) is 20.5. The average molecular weight is 401 g/mol. The molecule has 0 bridgehead atoms. The first-order chi connectivity index (χ1) is 13.2. The highest BCUT2D eigenvalue weighted by molar-refractivity contribution is 8.00. The molecule has 8 heteroatoms. The molecule has 0 saturated heterocycles. The van der Waals surface area contributed by atoms with Gasteiger partial charge in [0, 0.05) is 35.3 Å². The van der Waals surface area contributed by atoms with Gasteiger partial charge in [-0.2, -0.15) is 0 Å². The monoisotopic (exact) mass is 401 g/mol. The summed E-state index contributed by atoms with van der Waals surface area (Å²) in [6, 6.07) is 6.89. The summed E-state index contributed by atoms with van der Waals surface area (Å²) in [6.07, 6.45) is 5.38. The summed E-state index contributed by atoms with van der Waals surface area (Å²) in [6.45, 7) is 0.287. The first kappa shape index (κ1) is 17.9. The summed E-state index contributed by atoms with van der Waals surface area (Å²) in [5.41, 5.74) is 2.68. The van der Waals surface area contributed by atoms with E-state index >= 15 is 0 Å². The number of thiazole rings is 1. The van der Waals surface area contributed by atoms with Crippen LogP contribution in [0.2, 0.25) is 0 Å². The average Bonchev–Trinajstić information content (AvgIpc) is 3.35. The van der Waals surface area contributed by atoms with Crippen LogP contribution in [0.4, 0.5) is 4.39 Å². The minimum Gasteiger partial charge on any atom is -0.487 e. The van der Waals surface area contributed by atoms with Gasteiger partial charge >= 0.3 is 0 Å². The largest absolute Gasteiger partial charge is 0.487 e. The van der Waals surface area contributed by atoms with E-state index in [4.69, 9.17) is 4.74 Å². The molecule has 138 valence electrons. The van der Waals surface area contributed by atoms with Gasteiger partial charge in [-0.15, -0.1) is 11.3 Å². The Bertz CT molecular complexity index is 978. The molecular formula is C19H16FN3O2S2. The number of halogens is 1. The van der Waals surface area contributed by atoms with Crippen LogP contribution in [0.3, 0.4) is 0 Å². The maximum atomic E-state index is 14.3. The minimum absolute atomic E-state index is 0.249. The fourth-order valence-electron chi connectivity index (χ4n) is 2.99. The Balaban J connectivity index is 1.48. The second-order valence-corrected chi connectivity index (χ2v) is 7.91. The fraction of sp³-hybridized carbons (Fsp3) is 0.211. The van der Waals surface area contributed by atoms with Crippen LogP contribution in [0.15, 0.2) is 46.4 Å². The summed E-state index contributed by atoms with van der Waals surface area (Å²) in [5, 5.41) is 4.56. The van der Waals surface area contributed by atoms with Crippen molar-refractivity contribution in [3.63, 3.8) is 0 Å². The number of aromatic nitrogens is 2. The third-order valence-corrected chi connectivity index (χ3v) is 6.15. The topological polar surface area (TPSA) is 64.1 Å². The van der Waals surface area contributed by atoms with Gasteiger partial charge in [0.15, 0.2) is 0 Å². The summed E-state index contributed by atoms with van der Waals surface area (Å²) in [5.74, 6) is 0.000424. The molecule has 4 rings (SSSR count). The SMILES string of the molecule is CSc1nc(C(=O)NCC2Cc3c(F)ccc(-c4ccncc4)c3O2)cs1. The lowest BCUT2D eigenvalue weighted by Crippen LogP contribution is -2.34. The van der Waals surface area contributed by atoms with E-state index in [1.807, 2.05) is 18.4 Å². The number of nitrogens with zero attached hydrogens (tertiary/aromatic N) is 2.